The number of carbonyl (C=O) groups is 1. The fraction of sp³-hybridized carbons (Fsp3) is 0.588. The number of thioether (sulfide) groups is 1. The molecule has 0 radical (unpaired) electrons. The van der Waals surface area contributed by atoms with Crippen LogP contribution >= 0.6 is 11.8 Å². The highest BCUT2D eigenvalue weighted by Crippen LogP contribution is 2.29. The minimum absolute atomic E-state index is 0.00799. The highest BCUT2D eigenvalue weighted by atomic mass is 32.2. The lowest BCUT2D eigenvalue weighted by molar-refractivity contribution is -0.288. The molecule has 23 heavy (non-hydrogen) atoms. The lowest BCUT2D eigenvalue weighted by Crippen LogP contribution is -2.51. The van der Waals surface area contributed by atoms with Gasteiger partial charge in [0.25, 0.3) is 0 Å². The average molecular weight is 339 g/mol. The van der Waals surface area contributed by atoms with Crippen LogP contribution in [0.3, 0.4) is 0 Å². The van der Waals surface area contributed by atoms with Crippen LogP contribution < -0.4 is 0 Å². The molecule has 1 aromatic carbocycles. The Bertz CT molecular complexity index is 509. The summed E-state index contributed by atoms with van der Waals surface area (Å²) >= 11 is 1.71. The third-order valence-electron chi connectivity index (χ3n) is 3.88. The molecular formula is C17H25NO4S. The van der Waals surface area contributed by atoms with E-state index in [4.69, 9.17) is 9.47 Å². The highest BCUT2D eigenvalue weighted by molar-refractivity contribution is 7.98. The molecule has 0 saturated carbocycles. The third kappa shape index (κ3) is 5.41. The summed E-state index contributed by atoms with van der Waals surface area (Å²) in [6.07, 6.45) is 1.11. The molecule has 2 rings (SSSR count). The average Bonchev–Trinajstić information content (AvgIpc) is 2.50. The Morgan fingerprint density at radius 3 is 2.70 bits per heavy atom. The molecular weight excluding hydrogens is 314 g/mol. The second kappa shape index (κ2) is 8.04. The second-order valence-corrected chi connectivity index (χ2v) is 7.14. The Balaban J connectivity index is 2.04. The first-order valence-corrected chi connectivity index (χ1v) is 9.13. The van der Waals surface area contributed by atoms with Crippen molar-refractivity contribution >= 4 is 17.9 Å². The van der Waals surface area contributed by atoms with Crippen molar-refractivity contribution in [1.82, 2.24) is 4.90 Å². The minimum Gasteiger partial charge on any atom is -0.465 e. The van der Waals surface area contributed by atoms with Crippen molar-refractivity contribution in [3.63, 3.8) is 0 Å². The molecule has 0 bridgehead atoms. The lowest BCUT2D eigenvalue weighted by atomic mass is 10.0. The van der Waals surface area contributed by atoms with E-state index in [1.165, 1.54) is 4.90 Å². The summed E-state index contributed by atoms with van der Waals surface area (Å²) in [4.78, 5) is 13.1. The quantitative estimate of drug-likeness (QED) is 0.862. The molecule has 1 saturated heterocycles. The van der Waals surface area contributed by atoms with Crippen LogP contribution in [0.15, 0.2) is 30.3 Å². The third-order valence-corrected chi connectivity index (χ3v) is 4.54. The molecule has 0 aromatic heterocycles. The monoisotopic (exact) mass is 339 g/mol. The Hall–Kier alpha value is -1.24. The number of hydrogen-bond donors (Lipinski definition) is 1. The van der Waals surface area contributed by atoms with Crippen molar-refractivity contribution in [2.75, 3.05) is 25.2 Å². The van der Waals surface area contributed by atoms with E-state index in [1.807, 2.05) is 50.4 Å². The van der Waals surface area contributed by atoms with Crippen molar-refractivity contribution < 1.29 is 19.4 Å². The summed E-state index contributed by atoms with van der Waals surface area (Å²) in [7, 11) is 0. The van der Waals surface area contributed by atoms with Gasteiger partial charge >= 0.3 is 6.09 Å². The Morgan fingerprint density at radius 2 is 2.09 bits per heavy atom. The zero-order valence-corrected chi connectivity index (χ0v) is 14.7. The van der Waals surface area contributed by atoms with E-state index in [2.05, 4.69) is 0 Å². The topological polar surface area (TPSA) is 59.0 Å². The first-order valence-electron chi connectivity index (χ1n) is 7.74. The number of nitrogens with zero attached hydrogens (tertiary/aromatic N) is 1. The minimum atomic E-state index is -0.915. The van der Waals surface area contributed by atoms with Gasteiger partial charge in [-0.15, -0.1) is 0 Å². The first kappa shape index (κ1) is 18.1. The van der Waals surface area contributed by atoms with Gasteiger partial charge in [-0.1, -0.05) is 30.3 Å². The Kier molecular flexibility index (Phi) is 6.33. The molecule has 1 aromatic rings. The molecule has 1 amide bonds. The zero-order valence-electron chi connectivity index (χ0n) is 13.9. The van der Waals surface area contributed by atoms with Gasteiger partial charge in [0.15, 0.2) is 5.79 Å². The summed E-state index contributed by atoms with van der Waals surface area (Å²) in [5, 5.41) is 9.52. The summed E-state index contributed by atoms with van der Waals surface area (Å²) in [6, 6.07) is 9.63. The fourth-order valence-electron chi connectivity index (χ4n) is 2.71. The van der Waals surface area contributed by atoms with Crippen molar-refractivity contribution in [3.8, 4) is 0 Å². The largest absolute Gasteiger partial charge is 0.465 e. The van der Waals surface area contributed by atoms with Crippen LogP contribution in [0.5, 0.6) is 0 Å². The van der Waals surface area contributed by atoms with Crippen LogP contribution in [0, 0.1) is 5.92 Å². The van der Waals surface area contributed by atoms with Crippen LogP contribution in [0.25, 0.3) is 0 Å². The molecule has 6 heteroatoms. The molecule has 128 valence electrons. The van der Waals surface area contributed by atoms with Crippen LogP contribution in [0.2, 0.25) is 0 Å². The second-order valence-electron chi connectivity index (χ2n) is 6.23. The molecule has 1 aliphatic rings. The molecule has 0 aliphatic carbocycles. The van der Waals surface area contributed by atoms with Crippen LogP contribution in [-0.4, -0.2) is 53.2 Å². The number of amides is 1. The van der Waals surface area contributed by atoms with Gasteiger partial charge < -0.3 is 19.5 Å². The van der Waals surface area contributed by atoms with Crippen LogP contribution in [0.4, 0.5) is 4.79 Å². The molecule has 1 N–H and O–H groups in total. The Morgan fingerprint density at radius 1 is 1.39 bits per heavy atom. The van der Waals surface area contributed by atoms with Gasteiger partial charge in [-0.05, 0) is 25.7 Å². The SMILES string of the molecule is CSCC1OC(C)(C)OCC1CN(Cc1ccccc1)C(=O)O. The summed E-state index contributed by atoms with van der Waals surface area (Å²) < 4.78 is 11.7. The van der Waals surface area contributed by atoms with Crippen molar-refractivity contribution in [2.45, 2.75) is 32.3 Å². The smallest absolute Gasteiger partial charge is 0.407 e. The number of rotatable bonds is 6. The van der Waals surface area contributed by atoms with Crippen molar-refractivity contribution in [2.24, 2.45) is 5.92 Å². The maximum absolute atomic E-state index is 11.6. The predicted molar refractivity (Wildman–Crippen MR) is 91.7 cm³/mol. The first-order chi connectivity index (χ1) is 10.9. The normalized spacial score (nSPS) is 23.4. The molecule has 5 nitrogen and oxygen atoms in total. The molecule has 1 aliphatic heterocycles. The highest BCUT2D eigenvalue weighted by Gasteiger charge is 2.37. The van der Waals surface area contributed by atoms with Crippen LogP contribution in [0.1, 0.15) is 19.4 Å². The maximum atomic E-state index is 11.6. The van der Waals surface area contributed by atoms with Gasteiger partial charge in [0.1, 0.15) is 0 Å². The Labute approximate surface area is 142 Å². The van der Waals surface area contributed by atoms with Crippen molar-refractivity contribution in [1.29, 1.82) is 0 Å². The standard InChI is InChI=1S/C17H25NO4S/c1-17(2)21-11-14(15(22-17)12-23-3)10-18(16(19)20)9-13-7-5-4-6-8-13/h4-8,14-15H,9-12H2,1-3H3,(H,19,20). The van der Waals surface area contributed by atoms with E-state index >= 15 is 0 Å². The van der Waals surface area contributed by atoms with Crippen LogP contribution in [-0.2, 0) is 16.0 Å². The summed E-state index contributed by atoms with van der Waals surface area (Å²) in [6.45, 7) is 5.09. The summed E-state index contributed by atoms with van der Waals surface area (Å²) in [5.41, 5.74) is 0.981. The maximum Gasteiger partial charge on any atom is 0.407 e. The number of hydrogen-bond acceptors (Lipinski definition) is 4. The van der Waals surface area contributed by atoms with Crippen molar-refractivity contribution in [3.05, 3.63) is 35.9 Å². The lowest BCUT2D eigenvalue weighted by Gasteiger charge is -2.42. The molecule has 1 fully saturated rings. The molecule has 0 spiro atoms. The molecule has 1 heterocycles. The van der Waals surface area contributed by atoms with Gasteiger partial charge in [0, 0.05) is 24.8 Å². The van der Waals surface area contributed by atoms with Gasteiger partial charge in [-0.2, -0.15) is 11.8 Å². The van der Waals surface area contributed by atoms with Gasteiger partial charge in [0.05, 0.1) is 12.7 Å². The van der Waals surface area contributed by atoms with E-state index in [0.717, 1.165) is 11.3 Å². The zero-order chi connectivity index (χ0) is 16.9. The van der Waals surface area contributed by atoms with Gasteiger partial charge in [-0.25, -0.2) is 4.79 Å². The fourth-order valence-corrected chi connectivity index (χ4v) is 3.38. The summed E-state index contributed by atoms with van der Waals surface area (Å²) in [5.74, 6) is 0.260. The van der Waals surface area contributed by atoms with Gasteiger partial charge in [0.2, 0.25) is 0 Å². The number of benzene rings is 1. The molecule has 2 atom stereocenters. The van der Waals surface area contributed by atoms with E-state index in [1.54, 1.807) is 11.8 Å². The predicted octanol–water partition coefficient (Wildman–Crippen LogP) is 3.30. The van der Waals surface area contributed by atoms with E-state index < -0.39 is 11.9 Å². The van der Waals surface area contributed by atoms with E-state index in [0.29, 0.717) is 19.7 Å². The molecule has 2 unspecified atom stereocenters. The number of carboxylic acid groups (broad SMARTS) is 1. The number of ether oxygens (including phenoxy) is 2. The van der Waals surface area contributed by atoms with Gasteiger partial charge in [-0.3, -0.25) is 0 Å². The van der Waals surface area contributed by atoms with E-state index in [-0.39, 0.29) is 12.0 Å². The van der Waals surface area contributed by atoms with E-state index in [9.17, 15) is 9.90 Å².